The van der Waals surface area contributed by atoms with E-state index in [-0.39, 0.29) is 5.41 Å². The van der Waals surface area contributed by atoms with Crippen LogP contribution in [0, 0.1) is 0 Å². The molecule has 0 radical (unpaired) electrons. The van der Waals surface area contributed by atoms with Crippen LogP contribution in [-0.4, -0.2) is 13.7 Å². The molecule has 0 spiro atoms. The molecule has 9 aromatic rings. The molecule has 0 bridgehead atoms. The Morgan fingerprint density at radius 1 is 0.528 bits per heavy atom. The summed E-state index contributed by atoms with van der Waals surface area (Å²) in [5.41, 5.74) is 13.4. The first kappa shape index (κ1) is 30.1. The van der Waals surface area contributed by atoms with Crippen molar-refractivity contribution >= 4 is 60.8 Å². The van der Waals surface area contributed by atoms with E-state index in [0.717, 1.165) is 29.2 Å². The van der Waals surface area contributed by atoms with Crippen molar-refractivity contribution in [1.82, 2.24) is 13.7 Å². The van der Waals surface area contributed by atoms with Gasteiger partial charge in [-0.2, -0.15) is 0 Å². The molecule has 3 aromatic heterocycles. The van der Waals surface area contributed by atoms with E-state index >= 15 is 0 Å². The van der Waals surface area contributed by atoms with Crippen molar-refractivity contribution in [2.45, 2.75) is 31.7 Å². The minimum atomic E-state index is -0.0326. The van der Waals surface area contributed by atoms with Crippen molar-refractivity contribution in [2.24, 2.45) is 0 Å². The monoisotopic (exact) mass is 682 g/mol. The quantitative estimate of drug-likeness (QED) is 0.177. The number of rotatable bonds is 5. The van der Waals surface area contributed by atoms with E-state index in [9.17, 15) is 0 Å². The van der Waals surface area contributed by atoms with E-state index in [0.29, 0.717) is 6.04 Å². The average Bonchev–Trinajstić information content (AvgIpc) is 3.91. The molecule has 254 valence electrons. The Morgan fingerprint density at radius 2 is 1.15 bits per heavy atom. The zero-order valence-corrected chi connectivity index (χ0v) is 29.8. The number of allylic oxidation sites excluding steroid dienone is 4. The third-order valence-corrected chi connectivity index (χ3v) is 11.8. The van der Waals surface area contributed by atoms with Crippen molar-refractivity contribution in [3.05, 3.63) is 187 Å². The van der Waals surface area contributed by atoms with Gasteiger partial charge >= 0.3 is 0 Å². The molecule has 4 nitrogen and oxygen atoms in total. The highest BCUT2D eigenvalue weighted by atomic mass is 15.2. The molecule has 0 N–H and O–H groups in total. The zero-order chi connectivity index (χ0) is 35.3. The standard InChI is InChI=1S/C49H38N4/c1-49(2)42-23-13-15-25-44(42)53-47(49)32-41-38-22-12-14-24-43(38)52(48(41)53)37-27-29-40-39-28-26-36(30-45(39)51(46(40)31-37)35-20-10-5-11-21-35)50(33-16-6-3-7-17-33)34-18-8-4-9-19-34/h3-24,26-32,44H,25H2,1-2H3. The van der Waals surface area contributed by atoms with Gasteiger partial charge in [0.15, 0.2) is 0 Å². The molecule has 0 saturated heterocycles. The van der Waals surface area contributed by atoms with Crippen molar-refractivity contribution in [3.8, 4) is 11.4 Å². The van der Waals surface area contributed by atoms with Crippen molar-refractivity contribution in [1.29, 1.82) is 0 Å². The van der Waals surface area contributed by atoms with Gasteiger partial charge in [0.05, 0.1) is 22.6 Å². The largest absolute Gasteiger partial charge is 0.322 e. The van der Waals surface area contributed by atoms with Crippen molar-refractivity contribution < 1.29 is 0 Å². The van der Waals surface area contributed by atoms with Gasteiger partial charge in [-0.3, -0.25) is 4.57 Å². The summed E-state index contributed by atoms with van der Waals surface area (Å²) < 4.78 is 7.62. The molecule has 1 aliphatic heterocycles. The normalized spacial score (nSPS) is 16.0. The fraction of sp³-hybridized carbons (Fsp3) is 0.102. The van der Waals surface area contributed by atoms with Crippen LogP contribution in [0.25, 0.3) is 55.1 Å². The third-order valence-electron chi connectivity index (χ3n) is 11.8. The Morgan fingerprint density at radius 3 is 1.89 bits per heavy atom. The van der Waals surface area contributed by atoms with Gasteiger partial charge < -0.3 is 14.0 Å². The lowest BCUT2D eigenvalue weighted by Crippen LogP contribution is -2.17. The fourth-order valence-corrected chi connectivity index (χ4v) is 9.37. The van der Waals surface area contributed by atoms with Crippen LogP contribution in [0.3, 0.4) is 0 Å². The van der Waals surface area contributed by atoms with Crippen LogP contribution in [-0.2, 0) is 5.41 Å². The lowest BCUT2D eigenvalue weighted by Gasteiger charge is -2.25. The molecule has 1 atom stereocenters. The fourth-order valence-electron chi connectivity index (χ4n) is 9.37. The number of para-hydroxylation sites is 4. The number of anilines is 3. The first-order chi connectivity index (χ1) is 26.1. The van der Waals surface area contributed by atoms with Crippen LogP contribution in [0.5, 0.6) is 0 Å². The number of aromatic nitrogens is 3. The second-order valence-electron chi connectivity index (χ2n) is 15.0. The van der Waals surface area contributed by atoms with Gasteiger partial charge in [0.2, 0.25) is 0 Å². The number of fused-ring (bicyclic) bond motifs is 10. The predicted octanol–water partition coefficient (Wildman–Crippen LogP) is 12.9. The average molecular weight is 683 g/mol. The van der Waals surface area contributed by atoms with Crippen LogP contribution in [0.1, 0.15) is 32.0 Å². The molecule has 0 saturated carbocycles. The third kappa shape index (κ3) is 4.30. The maximum atomic E-state index is 2.65. The van der Waals surface area contributed by atoms with E-state index in [2.05, 4.69) is 208 Å². The maximum absolute atomic E-state index is 2.65. The molecule has 2 aliphatic rings. The summed E-state index contributed by atoms with van der Waals surface area (Å²) in [6.07, 6.45) is 7.94. The summed E-state index contributed by atoms with van der Waals surface area (Å²) in [7, 11) is 0. The van der Waals surface area contributed by atoms with Gasteiger partial charge in [-0.15, -0.1) is 0 Å². The highest BCUT2D eigenvalue weighted by Crippen LogP contribution is 2.53. The predicted molar refractivity (Wildman–Crippen MR) is 222 cm³/mol. The number of benzene rings is 6. The second-order valence-corrected chi connectivity index (χ2v) is 15.0. The van der Waals surface area contributed by atoms with Gasteiger partial charge in [0.1, 0.15) is 5.65 Å². The zero-order valence-electron chi connectivity index (χ0n) is 29.8. The van der Waals surface area contributed by atoms with E-state index in [1.165, 1.54) is 60.7 Å². The first-order valence-electron chi connectivity index (χ1n) is 18.6. The lowest BCUT2D eigenvalue weighted by molar-refractivity contribution is 0.589. The molecule has 1 aliphatic carbocycles. The Balaban J connectivity index is 1.19. The smallest absolute Gasteiger partial charge is 0.126 e. The molecule has 0 fully saturated rings. The van der Waals surface area contributed by atoms with Crippen LogP contribution < -0.4 is 4.90 Å². The molecule has 0 amide bonds. The Labute approximate surface area is 308 Å². The minimum Gasteiger partial charge on any atom is -0.322 e. The first-order valence-corrected chi connectivity index (χ1v) is 18.6. The lowest BCUT2D eigenvalue weighted by atomic mass is 9.79. The molecule has 11 rings (SSSR count). The molecule has 4 heteroatoms. The number of nitrogens with zero attached hydrogens (tertiary/aromatic N) is 4. The van der Waals surface area contributed by atoms with E-state index in [4.69, 9.17) is 0 Å². The van der Waals surface area contributed by atoms with E-state index < -0.39 is 0 Å². The van der Waals surface area contributed by atoms with Crippen molar-refractivity contribution in [3.63, 3.8) is 0 Å². The molecule has 6 aromatic carbocycles. The van der Waals surface area contributed by atoms with Gasteiger partial charge in [0.25, 0.3) is 0 Å². The summed E-state index contributed by atoms with van der Waals surface area (Å²) in [6, 6.07) is 57.9. The summed E-state index contributed by atoms with van der Waals surface area (Å²) in [5.74, 6) is 0. The highest BCUT2D eigenvalue weighted by Gasteiger charge is 2.44. The molecule has 4 heterocycles. The number of hydrogen-bond acceptors (Lipinski definition) is 1. The molecular formula is C49H38N4. The van der Waals surface area contributed by atoms with Crippen molar-refractivity contribution in [2.75, 3.05) is 4.90 Å². The van der Waals surface area contributed by atoms with Crippen LogP contribution >= 0.6 is 0 Å². The summed E-state index contributed by atoms with van der Waals surface area (Å²) in [5, 5.41) is 5.10. The van der Waals surface area contributed by atoms with E-state index in [1.807, 2.05) is 0 Å². The highest BCUT2D eigenvalue weighted by molar-refractivity contribution is 6.12. The Hall–Kier alpha value is -6.52. The molecule has 53 heavy (non-hydrogen) atoms. The van der Waals surface area contributed by atoms with Gasteiger partial charge in [-0.1, -0.05) is 117 Å². The second kappa shape index (κ2) is 11.2. The minimum absolute atomic E-state index is 0.0326. The topological polar surface area (TPSA) is 18.0 Å². The molecular weight excluding hydrogens is 645 g/mol. The van der Waals surface area contributed by atoms with Gasteiger partial charge in [-0.05, 0) is 84.8 Å². The summed E-state index contributed by atoms with van der Waals surface area (Å²) >= 11 is 0. The number of hydrogen-bond donors (Lipinski definition) is 0. The Bertz CT molecular complexity index is 2900. The summed E-state index contributed by atoms with van der Waals surface area (Å²) in [4.78, 5) is 2.35. The van der Waals surface area contributed by atoms with E-state index in [1.54, 1.807) is 0 Å². The summed E-state index contributed by atoms with van der Waals surface area (Å²) in [6.45, 7) is 4.79. The molecule has 1 unspecified atom stereocenters. The van der Waals surface area contributed by atoms with Crippen LogP contribution in [0.2, 0.25) is 0 Å². The van der Waals surface area contributed by atoms with Gasteiger partial charge in [0, 0.05) is 61.1 Å². The SMILES string of the molecule is CC1(C)C2=CC=CCC2n2c1cc1c3ccccc3n(-c3ccc4c5ccc(N(c6ccccc6)c6ccccc6)cc5n(-c5ccccc5)c4c3)c12. The van der Waals surface area contributed by atoms with Crippen LogP contribution in [0.4, 0.5) is 17.1 Å². The van der Waals surface area contributed by atoms with Crippen LogP contribution in [0.15, 0.2) is 182 Å². The maximum Gasteiger partial charge on any atom is 0.126 e. The Kier molecular flexibility index (Phi) is 6.39. The van der Waals surface area contributed by atoms with Gasteiger partial charge in [-0.25, -0.2) is 0 Å².